The summed E-state index contributed by atoms with van der Waals surface area (Å²) in [6.07, 6.45) is -25.8. The minimum Gasteiger partial charge on any atom is -0.394 e. The van der Waals surface area contributed by atoms with Gasteiger partial charge in [0.2, 0.25) is 47.3 Å². The Balaban J connectivity index is 0.810. The Bertz CT molecular complexity index is 4520. The number of unbranched alkanes of at least 4 members (excludes halogenated alkanes) is 2. The number of aryl methyl sites for hydroxylation is 2. The zero-order chi connectivity index (χ0) is 96.2. The van der Waals surface area contributed by atoms with Crippen molar-refractivity contribution in [1.82, 2.24) is 61.6 Å². The number of nitrogens with one attached hydrogen (secondary N) is 8. The Hall–Kier alpha value is -9.12. The van der Waals surface area contributed by atoms with Crippen LogP contribution in [-0.4, -0.2) is 400 Å². The lowest BCUT2D eigenvalue weighted by atomic mass is 9.97. The van der Waals surface area contributed by atoms with E-state index < -0.39 is 184 Å². The number of aliphatic hydroxyl groups is 16. The molecule has 4 saturated heterocycles. The van der Waals surface area contributed by atoms with Crippen molar-refractivity contribution in [3.8, 4) is 0 Å². The molecule has 44 nitrogen and oxygen atoms in total. The Labute approximate surface area is 761 Å². The van der Waals surface area contributed by atoms with Gasteiger partial charge in [-0.05, 0) is 124 Å². The second kappa shape index (κ2) is 52.1. The van der Waals surface area contributed by atoms with Crippen molar-refractivity contribution in [1.29, 1.82) is 0 Å². The van der Waals surface area contributed by atoms with Gasteiger partial charge < -0.3 is 171 Å². The average Bonchev–Trinajstić information content (AvgIpc) is 1.66. The second-order valence-corrected chi connectivity index (χ2v) is 33.0. The molecule has 20 atom stereocenters. The number of ether oxygens (including phenoxy) is 8. The number of hydrogen-bond donors (Lipinski definition) is 24. The normalized spacial score (nSPS) is 26.0. The zero-order valence-electron chi connectivity index (χ0n) is 74.5. The van der Waals surface area contributed by atoms with Crippen LogP contribution in [0.15, 0.2) is 37.4 Å². The van der Waals surface area contributed by atoms with Gasteiger partial charge in [0.05, 0.1) is 128 Å². The summed E-state index contributed by atoms with van der Waals surface area (Å²) in [6.45, 7) is 12.2. The number of carbonyl (C=O) groups is 8. The number of aliphatic hydroxyl groups excluding tert-OH is 16. The predicted octanol–water partition coefficient (Wildman–Crippen LogP) is -4.84. The molecule has 0 spiro atoms. The number of nitrogens with zero attached hydrogens (tertiary/aromatic N) is 4. The molecule has 44 heteroatoms. The molecule has 8 bridgehead atoms. The molecule has 8 amide bonds. The molecule has 132 heavy (non-hydrogen) atoms. The third-order valence-corrected chi connectivity index (χ3v) is 23.9. The van der Waals surface area contributed by atoms with Crippen LogP contribution in [0.5, 0.6) is 0 Å². The zero-order valence-corrected chi connectivity index (χ0v) is 74.5. The smallest absolute Gasteiger partial charge is 0.224 e. The minimum absolute atomic E-state index is 0.0223. The highest BCUT2D eigenvalue weighted by molar-refractivity contribution is 5.97. The monoisotopic (exact) mass is 1870 g/mol. The molecule has 3 aromatic rings. The van der Waals surface area contributed by atoms with Gasteiger partial charge in [0.15, 0.2) is 24.9 Å². The van der Waals surface area contributed by atoms with Gasteiger partial charge in [-0.1, -0.05) is 25.3 Å². The van der Waals surface area contributed by atoms with Crippen molar-refractivity contribution < 1.29 is 158 Å². The first kappa shape index (κ1) is 107. The van der Waals surface area contributed by atoms with E-state index in [1.807, 2.05) is 52.0 Å². The average molecular weight is 1870 g/mol. The van der Waals surface area contributed by atoms with Crippen LogP contribution in [0.4, 0.5) is 0 Å². The molecule has 0 saturated carbocycles. The van der Waals surface area contributed by atoms with E-state index in [0.717, 1.165) is 66.6 Å². The maximum Gasteiger partial charge on any atom is 0.224 e. The van der Waals surface area contributed by atoms with Crippen LogP contribution in [0, 0.1) is 13.8 Å². The van der Waals surface area contributed by atoms with Gasteiger partial charge in [-0.15, -0.1) is 0 Å². The molecule has 6 aliphatic rings. The van der Waals surface area contributed by atoms with Crippen LogP contribution in [0.3, 0.4) is 0 Å². The number of H-pyrrole nitrogens is 2. The van der Waals surface area contributed by atoms with Crippen molar-refractivity contribution in [3.63, 3.8) is 0 Å². The number of carbonyl (C=O) groups excluding carboxylic acids is 8. The molecule has 9 rings (SSSR count). The van der Waals surface area contributed by atoms with Gasteiger partial charge >= 0.3 is 0 Å². The molecule has 0 unspecified atom stereocenters. The fourth-order valence-electron chi connectivity index (χ4n) is 15.9. The first-order valence-corrected chi connectivity index (χ1v) is 44.4. The second-order valence-electron chi connectivity index (χ2n) is 33.0. The van der Waals surface area contributed by atoms with Crippen molar-refractivity contribution in [2.75, 3.05) is 119 Å². The quantitative estimate of drug-likeness (QED) is 0.0236. The summed E-state index contributed by atoms with van der Waals surface area (Å²) in [4.78, 5) is 127. The molecule has 0 aromatic carbocycles. The summed E-state index contributed by atoms with van der Waals surface area (Å²) < 4.78 is 44.2. The number of allylic oxidation sites excluding steroid dienone is 4. The van der Waals surface area contributed by atoms with Crippen LogP contribution < -0.4 is 31.9 Å². The lowest BCUT2D eigenvalue weighted by Gasteiger charge is -2.40. The van der Waals surface area contributed by atoms with Crippen LogP contribution in [-0.2, 0) is 76.3 Å². The van der Waals surface area contributed by atoms with Crippen LogP contribution >= 0.6 is 0 Å². The molecule has 0 radical (unpaired) electrons. The largest absolute Gasteiger partial charge is 0.394 e. The van der Waals surface area contributed by atoms with E-state index in [-0.39, 0.29) is 155 Å². The van der Waals surface area contributed by atoms with E-state index >= 15 is 0 Å². The first-order valence-electron chi connectivity index (χ1n) is 44.4. The molecule has 9 heterocycles. The fraction of sp³-hybridized carbons (Fsp3) is 0.636. The minimum atomic E-state index is -1.72. The number of hydrogen-bond acceptors (Lipinski definition) is 34. The summed E-state index contributed by atoms with van der Waals surface area (Å²) in [5.41, 5.74) is 13.2. The van der Waals surface area contributed by atoms with Crippen LogP contribution in [0.2, 0.25) is 0 Å². The van der Waals surface area contributed by atoms with Crippen molar-refractivity contribution in [2.24, 2.45) is 0 Å². The summed E-state index contributed by atoms with van der Waals surface area (Å²) in [5, 5.41) is 176. The SMILES string of the molecule is C=Cc1c(C)c2cc3[nH]c(cc4nc(cc5nc(cc1[nH]2)C(C)=C5CCCCC(=O)NCCC(=O)N(CCOCCC(=O)N[C@@H]1O[C@H](CO)[C@H](O)[C@H](O)[C@H]1O)CCOCCC(=O)N[C@@H]1O[C@H](CO)[C@H](O)[C@H](O)[C@H]1O)C(CCCCC(=O)NCCC(=O)N(CCOCCC(=O)N[C@@H]1O[C@H](CO)[C@H](O)[C@H](O)[C@H]1O)CCOCCC(=O)N[C@@H]1O[C@H](CO)[C@H](O)[C@H](O)[C@H]1O)=C4C)c(C)c3C=C. The summed E-state index contributed by atoms with van der Waals surface area (Å²) in [5.74, 6) is -4.14. The van der Waals surface area contributed by atoms with Gasteiger partial charge in [0.1, 0.15) is 97.7 Å². The summed E-state index contributed by atoms with van der Waals surface area (Å²) in [6, 6.07) is 7.98. The Morgan fingerprint density at radius 1 is 0.364 bits per heavy atom. The predicted molar refractivity (Wildman–Crippen MR) is 470 cm³/mol. The van der Waals surface area contributed by atoms with E-state index in [1.165, 1.54) is 9.80 Å². The van der Waals surface area contributed by atoms with E-state index in [2.05, 4.69) is 55.0 Å². The Kier molecular flexibility index (Phi) is 42.1. The number of amides is 8. The van der Waals surface area contributed by atoms with Gasteiger partial charge in [0.25, 0.3) is 0 Å². The van der Waals surface area contributed by atoms with E-state index in [9.17, 15) is 120 Å². The van der Waals surface area contributed by atoms with E-state index in [0.29, 0.717) is 61.3 Å². The molecule has 3 aromatic heterocycles. The van der Waals surface area contributed by atoms with Crippen LogP contribution in [0.1, 0.15) is 149 Å². The number of aromatic nitrogens is 4. The highest BCUT2D eigenvalue weighted by Gasteiger charge is 2.48. The molecule has 24 N–H and O–H groups in total. The summed E-state index contributed by atoms with van der Waals surface area (Å²) in [7, 11) is 0. The van der Waals surface area contributed by atoms with Crippen LogP contribution in [0.25, 0.3) is 56.5 Å². The van der Waals surface area contributed by atoms with Gasteiger partial charge in [-0.25, -0.2) is 9.97 Å². The number of fused-ring (bicyclic) bond motifs is 8. The topological polar surface area (TPSA) is 670 Å². The van der Waals surface area contributed by atoms with Gasteiger partial charge in [0, 0.05) is 98.1 Å². The Morgan fingerprint density at radius 2 is 0.652 bits per heavy atom. The number of rotatable bonds is 50. The Morgan fingerprint density at radius 3 is 0.947 bits per heavy atom. The molecule has 4 fully saturated rings. The lowest BCUT2D eigenvalue weighted by molar-refractivity contribution is -0.236. The van der Waals surface area contributed by atoms with E-state index in [4.69, 9.17) is 47.9 Å². The number of aromatic amines is 2. The maximum atomic E-state index is 13.9. The first-order chi connectivity index (χ1) is 63.1. The standard InChI is InChI=1S/C88H130N12O32/c1-7-49-45(3)53-37-54-47(5)51(13-9-11-15-65(105)89-23-17-71(111)99(25-33-125-29-19-67(107)95-85-81(121)77(117)73(113)61(41-101)129-85)26-34-126-30-20-68(108)96-86-82(122)78(118)74(114)62(42-102)130-86)59(93-54)40-60-52(48(6)56(94-60)39-58-50(8-2)46(4)55(92-58)38-57(49)91-53)14-10-12-16-66(106)90-24-18-72(112)100(27-35-127-31-21-69(109)97-87-83(123)79(119)75(115)63(43-103)131-87)28-36-128-32-22-70(110)98-88-84(124)80(120)76(116)64(44-104)132-88/h7-8,37-40,61-64,73-88,91-92,101-104,113-124H,1-2,9-36,41-44H2,3-6H3,(H,89,105)(H,90,106)(H,95,107)(H,96,108)(H,97,109)(H,98,110)/t61-,62-,63-,64-,73+,74+,75+,76+,77+,78+,79+,80+,81-,82-,83-,84-,85-,86-,87-,88-/m1/s1. The fourth-order valence-corrected chi connectivity index (χ4v) is 15.9. The lowest BCUT2D eigenvalue weighted by Crippen LogP contribution is -2.63. The molecular weight excluding hydrogens is 1740 g/mol. The summed E-state index contributed by atoms with van der Waals surface area (Å²) >= 11 is 0. The molecule has 734 valence electrons. The van der Waals surface area contributed by atoms with Crippen molar-refractivity contribution >= 4 is 104 Å². The molecular formula is C88H130N12O32. The molecule has 6 aliphatic heterocycles. The molecule has 0 aliphatic carbocycles. The third-order valence-electron chi connectivity index (χ3n) is 23.9. The van der Waals surface area contributed by atoms with E-state index in [1.54, 1.807) is 12.2 Å². The van der Waals surface area contributed by atoms with Gasteiger partial charge in [-0.3, -0.25) is 38.4 Å². The maximum absolute atomic E-state index is 13.9. The highest BCUT2D eigenvalue weighted by atomic mass is 16.6. The van der Waals surface area contributed by atoms with Crippen molar-refractivity contribution in [3.05, 3.63) is 82.5 Å². The van der Waals surface area contributed by atoms with Gasteiger partial charge in [-0.2, -0.15) is 0 Å². The van der Waals surface area contributed by atoms with Crippen molar-refractivity contribution in [2.45, 2.75) is 240 Å². The highest BCUT2D eigenvalue weighted by Crippen LogP contribution is 2.40. The third kappa shape index (κ3) is 29.0.